The van der Waals surface area contributed by atoms with E-state index in [0.717, 1.165) is 18.2 Å². The summed E-state index contributed by atoms with van der Waals surface area (Å²) in [6.45, 7) is 3.74. The van der Waals surface area contributed by atoms with E-state index in [0.29, 0.717) is 6.42 Å². The van der Waals surface area contributed by atoms with Crippen molar-refractivity contribution in [1.82, 2.24) is 5.32 Å². The number of nitrogens with one attached hydrogen (secondary N) is 2. The number of sulfonamides is 1. The minimum atomic E-state index is -4.17. The predicted molar refractivity (Wildman–Crippen MR) is 103 cm³/mol. The lowest BCUT2D eigenvalue weighted by Crippen LogP contribution is -2.32. The van der Waals surface area contributed by atoms with Crippen molar-refractivity contribution in [2.75, 3.05) is 4.72 Å². The smallest absolute Gasteiger partial charge is 0.289 e. The summed E-state index contributed by atoms with van der Waals surface area (Å²) in [5.74, 6) is -0.426. The maximum atomic E-state index is 12.6. The summed E-state index contributed by atoms with van der Waals surface area (Å²) in [5, 5.41) is 13.6. The molecule has 2 rings (SSSR count). The summed E-state index contributed by atoms with van der Waals surface area (Å²) in [6, 6.07) is 9.18. The zero-order valence-electron chi connectivity index (χ0n) is 14.6. The number of carbonyl (C=O) groups is 1. The number of amides is 1. The van der Waals surface area contributed by atoms with Crippen LogP contribution in [-0.4, -0.2) is 25.3 Å². The number of rotatable bonds is 7. The van der Waals surface area contributed by atoms with Crippen LogP contribution in [-0.2, 0) is 10.0 Å². The lowest BCUT2D eigenvalue weighted by atomic mass is 10.1. The van der Waals surface area contributed by atoms with Crippen molar-refractivity contribution in [3.63, 3.8) is 0 Å². The van der Waals surface area contributed by atoms with Gasteiger partial charge in [-0.1, -0.05) is 30.7 Å². The Kier molecular flexibility index (Phi) is 6.40. The van der Waals surface area contributed by atoms with E-state index in [1.807, 2.05) is 13.8 Å². The third-order valence-electron chi connectivity index (χ3n) is 3.83. The van der Waals surface area contributed by atoms with Gasteiger partial charge in [0.15, 0.2) is 0 Å². The topological polar surface area (TPSA) is 118 Å². The van der Waals surface area contributed by atoms with E-state index >= 15 is 0 Å². The average Bonchev–Trinajstić information content (AvgIpc) is 2.61. The normalized spacial score (nSPS) is 12.3. The molecule has 0 aliphatic carbocycles. The summed E-state index contributed by atoms with van der Waals surface area (Å²) >= 11 is 5.72. The first-order valence-electron chi connectivity index (χ1n) is 8.02. The number of anilines is 1. The molecule has 0 spiro atoms. The lowest BCUT2D eigenvalue weighted by molar-refractivity contribution is -0.384. The Balaban J connectivity index is 2.38. The number of benzene rings is 2. The van der Waals surface area contributed by atoms with Crippen LogP contribution in [0.3, 0.4) is 0 Å². The molecule has 0 saturated carbocycles. The Morgan fingerprint density at radius 3 is 2.56 bits per heavy atom. The molecule has 0 aliphatic heterocycles. The van der Waals surface area contributed by atoms with E-state index in [4.69, 9.17) is 11.6 Å². The molecule has 1 amide bonds. The van der Waals surface area contributed by atoms with Crippen molar-refractivity contribution in [3.05, 3.63) is 63.2 Å². The summed E-state index contributed by atoms with van der Waals surface area (Å²) in [7, 11) is -4.17. The van der Waals surface area contributed by atoms with Crippen LogP contribution in [0.1, 0.15) is 30.6 Å². The van der Waals surface area contributed by atoms with Gasteiger partial charge in [0.1, 0.15) is 5.02 Å². The van der Waals surface area contributed by atoms with Crippen molar-refractivity contribution >= 4 is 38.9 Å². The molecule has 10 heteroatoms. The fourth-order valence-corrected chi connectivity index (χ4v) is 3.46. The van der Waals surface area contributed by atoms with Gasteiger partial charge in [-0.15, -0.1) is 0 Å². The van der Waals surface area contributed by atoms with Gasteiger partial charge in [0.25, 0.3) is 21.6 Å². The Morgan fingerprint density at radius 1 is 1.26 bits per heavy atom. The number of nitro groups is 1. The van der Waals surface area contributed by atoms with E-state index < -0.39 is 26.5 Å². The molecule has 2 N–H and O–H groups in total. The van der Waals surface area contributed by atoms with Gasteiger partial charge in [-0.3, -0.25) is 19.6 Å². The highest BCUT2D eigenvalue weighted by Crippen LogP contribution is 2.28. The first kappa shape index (κ1) is 20.7. The molecule has 27 heavy (non-hydrogen) atoms. The largest absolute Gasteiger partial charge is 0.350 e. The third kappa shape index (κ3) is 4.95. The highest BCUT2D eigenvalue weighted by molar-refractivity contribution is 7.92. The molecule has 0 aromatic heterocycles. The van der Waals surface area contributed by atoms with Crippen LogP contribution in [0, 0.1) is 10.1 Å². The molecular weight excluding hydrogens is 394 g/mol. The fourth-order valence-electron chi connectivity index (χ4n) is 2.18. The van der Waals surface area contributed by atoms with Crippen LogP contribution in [0.4, 0.5) is 11.4 Å². The summed E-state index contributed by atoms with van der Waals surface area (Å²) in [6.07, 6.45) is 0.716. The van der Waals surface area contributed by atoms with Gasteiger partial charge >= 0.3 is 0 Å². The van der Waals surface area contributed by atoms with Gasteiger partial charge in [-0.05, 0) is 37.6 Å². The van der Waals surface area contributed by atoms with E-state index in [9.17, 15) is 23.3 Å². The second-order valence-electron chi connectivity index (χ2n) is 5.80. The van der Waals surface area contributed by atoms with Crippen LogP contribution in [0.15, 0.2) is 47.4 Å². The molecule has 2 aromatic rings. The monoisotopic (exact) mass is 411 g/mol. The van der Waals surface area contributed by atoms with E-state index in [1.54, 1.807) is 12.1 Å². The van der Waals surface area contributed by atoms with E-state index in [2.05, 4.69) is 10.0 Å². The molecule has 0 saturated heterocycles. The predicted octanol–water partition coefficient (Wildman–Crippen LogP) is 3.58. The van der Waals surface area contributed by atoms with Gasteiger partial charge in [0.2, 0.25) is 0 Å². The Bertz CT molecular complexity index is 978. The average molecular weight is 412 g/mol. The van der Waals surface area contributed by atoms with Crippen molar-refractivity contribution in [3.8, 4) is 0 Å². The lowest BCUT2D eigenvalue weighted by Gasteiger charge is -2.15. The minimum Gasteiger partial charge on any atom is -0.350 e. The standard InChI is InChI=1S/C17H18ClN3O5S/c1-3-11(2)19-17(22)13-6-4-5-7-15(13)20-27(25,26)12-8-9-14(18)16(10-12)21(23)24/h4-11,20H,3H2,1-2H3,(H,19,22)/t11-/m1/s1. The van der Waals surface area contributed by atoms with Crippen LogP contribution < -0.4 is 10.0 Å². The maximum absolute atomic E-state index is 12.6. The quantitative estimate of drug-likeness (QED) is 0.533. The van der Waals surface area contributed by atoms with Gasteiger partial charge in [0.05, 0.1) is 21.1 Å². The minimum absolute atomic E-state index is 0.0657. The fraction of sp³-hybridized carbons (Fsp3) is 0.235. The van der Waals surface area contributed by atoms with Crippen LogP contribution in [0.2, 0.25) is 5.02 Å². The summed E-state index contributed by atoms with van der Waals surface area (Å²) < 4.78 is 27.6. The van der Waals surface area contributed by atoms with Gasteiger partial charge < -0.3 is 5.32 Å². The van der Waals surface area contributed by atoms with E-state index in [-0.39, 0.29) is 27.2 Å². The van der Waals surface area contributed by atoms with Crippen molar-refractivity contribution in [2.45, 2.75) is 31.2 Å². The zero-order valence-corrected chi connectivity index (χ0v) is 16.2. The number of hydrogen-bond donors (Lipinski definition) is 2. The first-order chi connectivity index (χ1) is 12.7. The molecule has 1 atom stereocenters. The SMILES string of the molecule is CC[C@@H](C)NC(=O)c1ccccc1NS(=O)(=O)c1ccc(Cl)c([N+](=O)[O-])c1. The first-order valence-corrected chi connectivity index (χ1v) is 9.88. The molecular formula is C17H18ClN3O5S. The number of hydrogen-bond acceptors (Lipinski definition) is 5. The highest BCUT2D eigenvalue weighted by atomic mass is 35.5. The zero-order chi connectivity index (χ0) is 20.2. The van der Waals surface area contributed by atoms with Crippen LogP contribution in [0.5, 0.6) is 0 Å². The van der Waals surface area contributed by atoms with Crippen molar-refractivity contribution < 1.29 is 18.1 Å². The molecule has 0 bridgehead atoms. The van der Waals surface area contributed by atoms with Gasteiger partial charge in [-0.25, -0.2) is 8.42 Å². The molecule has 0 aliphatic rings. The van der Waals surface area contributed by atoms with Crippen molar-refractivity contribution in [1.29, 1.82) is 0 Å². The second kappa shape index (κ2) is 8.36. The number of nitrogens with zero attached hydrogens (tertiary/aromatic N) is 1. The number of carbonyl (C=O) groups excluding carboxylic acids is 1. The van der Waals surface area contributed by atoms with Crippen molar-refractivity contribution in [2.24, 2.45) is 0 Å². The molecule has 0 radical (unpaired) electrons. The number of para-hydroxylation sites is 1. The Morgan fingerprint density at radius 2 is 1.93 bits per heavy atom. The Hall–Kier alpha value is -2.65. The molecule has 144 valence electrons. The number of halogens is 1. The van der Waals surface area contributed by atoms with Gasteiger partial charge in [-0.2, -0.15) is 0 Å². The summed E-state index contributed by atoms with van der Waals surface area (Å²) in [5.41, 5.74) is -0.317. The third-order valence-corrected chi connectivity index (χ3v) is 5.51. The van der Waals surface area contributed by atoms with Crippen LogP contribution >= 0.6 is 11.6 Å². The number of nitro benzene ring substituents is 1. The molecule has 0 heterocycles. The van der Waals surface area contributed by atoms with Crippen LogP contribution in [0.25, 0.3) is 0 Å². The molecule has 2 aromatic carbocycles. The summed E-state index contributed by atoms with van der Waals surface area (Å²) in [4.78, 5) is 22.3. The van der Waals surface area contributed by atoms with Gasteiger partial charge in [0, 0.05) is 12.1 Å². The maximum Gasteiger partial charge on any atom is 0.289 e. The Labute approximate surface area is 161 Å². The second-order valence-corrected chi connectivity index (χ2v) is 7.89. The highest BCUT2D eigenvalue weighted by Gasteiger charge is 2.23. The molecule has 0 unspecified atom stereocenters. The van der Waals surface area contributed by atoms with E-state index in [1.165, 1.54) is 12.1 Å². The molecule has 0 fully saturated rings. The molecule has 8 nitrogen and oxygen atoms in total.